The van der Waals surface area contributed by atoms with E-state index in [9.17, 15) is 0 Å². The van der Waals surface area contributed by atoms with Gasteiger partial charge < -0.3 is 14.9 Å². The summed E-state index contributed by atoms with van der Waals surface area (Å²) in [6, 6.07) is 7.82. The van der Waals surface area contributed by atoms with Crippen LogP contribution in [0.4, 0.5) is 0 Å². The van der Waals surface area contributed by atoms with Gasteiger partial charge in [0.1, 0.15) is 12.0 Å². The van der Waals surface area contributed by atoms with Crippen LogP contribution in [-0.4, -0.2) is 17.3 Å². The Morgan fingerprint density at radius 2 is 2.33 bits per heavy atom. The number of nitrogens with zero attached hydrogens (tertiary/aromatic N) is 1. The summed E-state index contributed by atoms with van der Waals surface area (Å²) < 4.78 is 10.9. The van der Waals surface area contributed by atoms with Crippen LogP contribution in [0.2, 0.25) is 0 Å². The van der Waals surface area contributed by atoms with Gasteiger partial charge in [-0.3, -0.25) is 0 Å². The summed E-state index contributed by atoms with van der Waals surface area (Å²) in [6.07, 6.45) is 1.65. The van der Waals surface area contributed by atoms with E-state index in [1.54, 1.807) is 18.0 Å². The number of benzene rings is 1. The molecule has 0 aliphatic rings. The zero-order valence-corrected chi connectivity index (χ0v) is 11.1. The lowest BCUT2D eigenvalue weighted by Gasteiger charge is -2.06. The summed E-state index contributed by atoms with van der Waals surface area (Å²) in [7, 11) is 0. The molecule has 0 fully saturated rings. The van der Waals surface area contributed by atoms with Crippen molar-refractivity contribution in [3.63, 3.8) is 0 Å². The van der Waals surface area contributed by atoms with Crippen LogP contribution in [0.25, 0.3) is 0 Å². The van der Waals surface area contributed by atoms with Gasteiger partial charge >= 0.3 is 0 Å². The highest BCUT2D eigenvalue weighted by Crippen LogP contribution is 2.17. The Morgan fingerprint density at radius 1 is 1.44 bits per heavy atom. The molecule has 0 radical (unpaired) electrons. The number of hydrogen-bond acceptors (Lipinski definition) is 5. The molecule has 0 spiro atoms. The molecule has 0 saturated carbocycles. The zero-order chi connectivity index (χ0) is 12.8. The SMILES string of the molecule is Cc1coc(SCCOc2cccc(CN)c2)n1. The highest BCUT2D eigenvalue weighted by atomic mass is 32.2. The zero-order valence-electron chi connectivity index (χ0n) is 10.3. The van der Waals surface area contributed by atoms with E-state index in [0.717, 1.165) is 22.8 Å². The van der Waals surface area contributed by atoms with E-state index in [1.165, 1.54) is 0 Å². The van der Waals surface area contributed by atoms with Gasteiger partial charge in [0.25, 0.3) is 5.22 Å². The van der Waals surface area contributed by atoms with Crippen LogP contribution in [0.5, 0.6) is 5.75 Å². The van der Waals surface area contributed by atoms with E-state index in [0.29, 0.717) is 18.4 Å². The van der Waals surface area contributed by atoms with E-state index < -0.39 is 0 Å². The fraction of sp³-hybridized carbons (Fsp3) is 0.308. The molecule has 2 rings (SSSR count). The van der Waals surface area contributed by atoms with Crippen molar-refractivity contribution in [1.29, 1.82) is 0 Å². The molecule has 0 atom stereocenters. The van der Waals surface area contributed by atoms with Crippen molar-refractivity contribution in [1.82, 2.24) is 4.98 Å². The van der Waals surface area contributed by atoms with E-state index in [2.05, 4.69) is 4.98 Å². The molecule has 2 aromatic rings. The molecule has 1 aromatic carbocycles. The highest BCUT2D eigenvalue weighted by molar-refractivity contribution is 7.99. The van der Waals surface area contributed by atoms with Gasteiger partial charge in [0, 0.05) is 12.3 Å². The Morgan fingerprint density at radius 3 is 3.06 bits per heavy atom. The van der Waals surface area contributed by atoms with Crippen LogP contribution in [0, 0.1) is 6.92 Å². The summed E-state index contributed by atoms with van der Waals surface area (Å²) in [6.45, 7) is 3.05. The maximum Gasteiger partial charge on any atom is 0.255 e. The molecule has 18 heavy (non-hydrogen) atoms. The van der Waals surface area contributed by atoms with Crippen LogP contribution in [0.3, 0.4) is 0 Å². The van der Waals surface area contributed by atoms with Crippen LogP contribution in [-0.2, 0) is 6.54 Å². The van der Waals surface area contributed by atoms with Crippen molar-refractivity contribution in [2.24, 2.45) is 5.73 Å². The van der Waals surface area contributed by atoms with E-state index >= 15 is 0 Å². The number of thioether (sulfide) groups is 1. The smallest absolute Gasteiger partial charge is 0.255 e. The summed E-state index contributed by atoms with van der Waals surface area (Å²) in [5.41, 5.74) is 7.54. The van der Waals surface area contributed by atoms with Gasteiger partial charge in [-0.15, -0.1) is 0 Å². The number of aromatic nitrogens is 1. The minimum atomic E-state index is 0.529. The van der Waals surface area contributed by atoms with Gasteiger partial charge in [-0.1, -0.05) is 23.9 Å². The van der Waals surface area contributed by atoms with Gasteiger partial charge in [-0.25, -0.2) is 4.98 Å². The lowest BCUT2D eigenvalue weighted by Crippen LogP contribution is -2.01. The number of nitrogens with two attached hydrogens (primary N) is 1. The van der Waals surface area contributed by atoms with E-state index in [4.69, 9.17) is 14.9 Å². The summed E-state index contributed by atoms with van der Waals surface area (Å²) in [5.74, 6) is 1.65. The third kappa shape index (κ3) is 3.78. The predicted molar refractivity (Wildman–Crippen MR) is 71.8 cm³/mol. The second-order valence-corrected chi connectivity index (χ2v) is 4.85. The Hall–Kier alpha value is -1.46. The van der Waals surface area contributed by atoms with Crippen molar-refractivity contribution in [3.05, 3.63) is 41.8 Å². The first kappa shape index (κ1) is 13.0. The molecule has 0 bridgehead atoms. The fourth-order valence-corrected chi connectivity index (χ4v) is 2.12. The van der Waals surface area contributed by atoms with Crippen molar-refractivity contribution in [2.45, 2.75) is 18.7 Å². The van der Waals surface area contributed by atoms with Crippen LogP contribution < -0.4 is 10.5 Å². The lowest BCUT2D eigenvalue weighted by molar-refractivity contribution is 0.342. The molecule has 1 aromatic heterocycles. The molecule has 0 aliphatic heterocycles. The van der Waals surface area contributed by atoms with Crippen molar-refractivity contribution in [2.75, 3.05) is 12.4 Å². The van der Waals surface area contributed by atoms with E-state index in [-0.39, 0.29) is 0 Å². The average molecular weight is 264 g/mol. The van der Waals surface area contributed by atoms with Gasteiger partial charge in [0.15, 0.2) is 0 Å². The molecule has 0 unspecified atom stereocenters. The predicted octanol–water partition coefficient (Wildman–Crippen LogP) is 2.61. The molecular weight excluding hydrogens is 248 g/mol. The largest absolute Gasteiger partial charge is 0.493 e. The first-order valence-corrected chi connectivity index (χ1v) is 6.73. The molecule has 4 nitrogen and oxygen atoms in total. The third-order valence-corrected chi connectivity index (χ3v) is 3.11. The Kier molecular flexibility index (Phi) is 4.66. The number of aryl methyl sites for hydroxylation is 1. The van der Waals surface area contributed by atoms with E-state index in [1.807, 2.05) is 31.2 Å². The van der Waals surface area contributed by atoms with Crippen molar-refractivity contribution < 1.29 is 9.15 Å². The molecule has 0 amide bonds. The standard InChI is InChI=1S/C13H16N2O2S/c1-10-9-17-13(15-10)18-6-5-16-12-4-2-3-11(7-12)8-14/h2-4,7,9H,5-6,8,14H2,1H3. The lowest BCUT2D eigenvalue weighted by atomic mass is 10.2. The highest BCUT2D eigenvalue weighted by Gasteiger charge is 2.01. The van der Waals surface area contributed by atoms with Crippen molar-refractivity contribution >= 4 is 11.8 Å². The minimum absolute atomic E-state index is 0.529. The Bertz CT molecular complexity index is 499. The summed E-state index contributed by atoms with van der Waals surface area (Å²) in [5, 5.41) is 0.687. The maximum absolute atomic E-state index is 5.63. The average Bonchev–Trinajstić information content (AvgIpc) is 2.81. The summed E-state index contributed by atoms with van der Waals surface area (Å²) in [4.78, 5) is 4.21. The second-order valence-electron chi connectivity index (χ2n) is 3.80. The second kappa shape index (κ2) is 6.47. The minimum Gasteiger partial charge on any atom is -0.493 e. The van der Waals surface area contributed by atoms with Gasteiger partial charge in [0.2, 0.25) is 0 Å². The summed E-state index contributed by atoms with van der Waals surface area (Å²) >= 11 is 1.54. The van der Waals surface area contributed by atoms with Gasteiger partial charge in [0.05, 0.1) is 12.3 Å². The number of oxazole rings is 1. The molecule has 2 N–H and O–H groups in total. The van der Waals surface area contributed by atoms with Crippen LogP contribution in [0.1, 0.15) is 11.3 Å². The molecule has 1 heterocycles. The Labute approximate surface area is 111 Å². The first-order valence-electron chi connectivity index (χ1n) is 5.74. The monoisotopic (exact) mass is 264 g/mol. The van der Waals surface area contributed by atoms with Crippen LogP contribution >= 0.6 is 11.8 Å². The number of ether oxygens (including phenoxy) is 1. The Balaban J connectivity index is 1.74. The molecule has 96 valence electrons. The normalized spacial score (nSPS) is 10.6. The van der Waals surface area contributed by atoms with Gasteiger partial charge in [-0.05, 0) is 24.6 Å². The number of rotatable bonds is 6. The molecular formula is C13H16N2O2S. The maximum atomic E-state index is 5.63. The van der Waals surface area contributed by atoms with Crippen molar-refractivity contribution in [3.8, 4) is 5.75 Å². The molecule has 0 aliphatic carbocycles. The topological polar surface area (TPSA) is 61.3 Å². The van der Waals surface area contributed by atoms with Gasteiger partial charge in [-0.2, -0.15) is 0 Å². The first-order chi connectivity index (χ1) is 8.78. The number of hydrogen-bond donors (Lipinski definition) is 1. The van der Waals surface area contributed by atoms with Crippen LogP contribution in [0.15, 0.2) is 40.2 Å². The fourth-order valence-electron chi connectivity index (χ4n) is 1.45. The third-order valence-electron chi connectivity index (χ3n) is 2.31. The quantitative estimate of drug-likeness (QED) is 0.642. The molecule has 0 saturated heterocycles. The molecule has 5 heteroatoms.